The number of rotatable bonds is 9. The van der Waals surface area contributed by atoms with Crippen molar-refractivity contribution in [3.8, 4) is 11.9 Å². The number of nitrogens with one attached hydrogen (secondary N) is 1. The van der Waals surface area contributed by atoms with Crippen LogP contribution in [0.5, 0.6) is 5.88 Å². The maximum atomic E-state index is 13.0. The van der Waals surface area contributed by atoms with Crippen molar-refractivity contribution in [3.05, 3.63) is 101 Å². The van der Waals surface area contributed by atoms with Crippen LogP contribution < -0.4 is 10.1 Å². The van der Waals surface area contributed by atoms with Gasteiger partial charge in [0, 0.05) is 28.7 Å². The van der Waals surface area contributed by atoms with Crippen molar-refractivity contribution < 1.29 is 17.9 Å². The van der Waals surface area contributed by atoms with E-state index in [1.807, 2.05) is 49.4 Å². The van der Waals surface area contributed by atoms with E-state index in [9.17, 15) is 18.4 Å². The first-order valence-corrected chi connectivity index (χ1v) is 11.6. The van der Waals surface area contributed by atoms with Crippen LogP contribution in [-0.4, -0.2) is 21.6 Å². The Labute approximate surface area is 213 Å². The fraction of sp³-hybridized carbons (Fsp3) is 0.296. The monoisotopic (exact) mass is 514 g/mol. The smallest absolute Gasteiger partial charge is 0.433 e. The maximum Gasteiger partial charge on any atom is 0.433 e. The number of nitrogens with zero attached hydrogens (tertiary/aromatic N) is 3. The fourth-order valence-electron chi connectivity index (χ4n) is 3.72. The molecule has 0 saturated heterocycles. The van der Waals surface area contributed by atoms with Gasteiger partial charge in [0.05, 0.1) is 11.6 Å². The lowest BCUT2D eigenvalue weighted by molar-refractivity contribution is -0.141. The van der Waals surface area contributed by atoms with E-state index in [0.29, 0.717) is 22.7 Å². The minimum Gasteiger partial charge on any atom is -0.465 e. The SMILES string of the molecule is C=C(NC(C)C(Cc1ccc(Cl)cc1)c1cccc(C#N)c1)C(C)(C)Oc1cc(C(F)(F)F)ncn1. The molecule has 0 aliphatic rings. The molecule has 188 valence electrons. The van der Waals surface area contributed by atoms with Crippen molar-refractivity contribution in [2.24, 2.45) is 0 Å². The Balaban J connectivity index is 1.82. The largest absolute Gasteiger partial charge is 0.465 e. The molecule has 0 bridgehead atoms. The first kappa shape index (κ1) is 27.0. The molecule has 2 unspecified atom stereocenters. The molecule has 1 aromatic heterocycles. The predicted octanol–water partition coefficient (Wildman–Crippen LogP) is 6.70. The molecule has 2 aromatic carbocycles. The molecule has 0 spiro atoms. The Hall–Kier alpha value is -3.57. The predicted molar refractivity (Wildman–Crippen MR) is 133 cm³/mol. The van der Waals surface area contributed by atoms with E-state index < -0.39 is 17.5 Å². The Morgan fingerprint density at radius 1 is 1.14 bits per heavy atom. The highest BCUT2D eigenvalue weighted by molar-refractivity contribution is 6.30. The summed E-state index contributed by atoms with van der Waals surface area (Å²) < 4.78 is 44.9. The highest BCUT2D eigenvalue weighted by Gasteiger charge is 2.34. The third kappa shape index (κ3) is 6.98. The van der Waals surface area contributed by atoms with Gasteiger partial charge in [0.1, 0.15) is 11.9 Å². The highest BCUT2D eigenvalue weighted by Crippen LogP contribution is 2.31. The first-order chi connectivity index (χ1) is 16.9. The first-order valence-electron chi connectivity index (χ1n) is 11.2. The quantitative estimate of drug-likeness (QED) is 0.344. The van der Waals surface area contributed by atoms with Crippen LogP contribution >= 0.6 is 11.6 Å². The van der Waals surface area contributed by atoms with Gasteiger partial charge in [-0.1, -0.05) is 42.4 Å². The Morgan fingerprint density at radius 2 is 1.83 bits per heavy atom. The molecule has 0 aliphatic heterocycles. The Bertz CT molecular complexity index is 1250. The van der Waals surface area contributed by atoms with Gasteiger partial charge >= 0.3 is 6.18 Å². The van der Waals surface area contributed by atoms with E-state index in [1.54, 1.807) is 19.9 Å². The van der Waals surface area contributed by atoms with Crippen molar-refractivity contribution in [3.63, 3.8) is 0 Å². The highest BCUT2D eigenvalue weighted by atomic mass is 35.5. The van der Waals surface area contributed by atoms with Crippen LogP contribution in [-0.2, 0) is 12.6 Å². The number of aromatic nitrogens is 2. The molecule has 3 aromatic rings. The average Bonchev–Trinajstić information content (AvgIpc) is 2.83. The third-order valence-electron chi connectivity index (χ3n) is 5.84. The van der Waals surface area contributed by atoms with E-state index >= 15 is 0 Å². The summed E-state index contributed by atoms with van der Waals surface area (Å²) in [6.07, 6.45) is -3.14. The second-order valence-electron chi connectivity index (χ2n) is 8.94. The zero-order valence-corrected chi connectivity index (χ0v) is 20.9. The molecule has 36 heavy (non-hydrogen) atoms. The van der Waals surface area contributed by atoms with Gasteiger partial charge in [0.2, 0.25) is 5.88 Å². The summed E-state index contributed by atoms with van der Waals surface area (Å²) in [6.45, 7) is 9.45. The minimum absolute atomic E-state index is 0.0668. The van der Waals surface area contributed by atoms with Gasteiger partial charge in [-0.05, 0) is 62.6 Å². The second-order valence-corrected chi connectivity index (χ2v) is 9.37. The van der Waals surface area contributed by atoms with Crippen LogP contribution in [0.2, 0.25) is 5.02 Å². The number of nitriles is 1. The number of hydrogen-bond donors (Lipinski definition) is 1. The summed E-state index contributed by atoms with van der Waals surface area (Å²) in [5.74, 6) is -0.278. The number of halogens is 4. The summed E-state index contributed by atoms with van der Waals surface area (Å²) in [4.78, 5) is 7.09. The lowest BCUT2D eigenvalue weighted by atomic mass is 9.85. The lowest BCUT2D eigenvalue weighted by Gasteiger charge is -2.34. The molecule has 5 nitrogen and oxygen atoms in total. The molecule has 0 amide bonds. The van der Waals surface area contributed by atoms with Gasteiger partial charge in [0.15, 0.2) is 5.69 Å². The summed E-state index contributed by atoms with van der Waals surface area (Å²) >= 11 is 6.04. The zero-order chi connectivity index (χ0) is 26.5. The topological polar surface area (TPSA) is 70.8 Å². The molecule has 2 atom stereocenters. The summed E-state index contributed by atoms with van der Waals surface area (Å²) in [5, 5.41) is 13.4. The Morgan fingerprint density at radius 3 is 2.47 bits per heavy atom. The number of alkyl halides is 3. The van der Waals surface area contributed by atoms with Gasteiger partial charge in [-0.15, -0.1) is 0 Å². The van der Waals surface area contributed by atoms with Crippen molar-refractivity contribution in [1.29, 1.82) is 5.26 Å². The maximum absolute atomic E-state index is 13.0. The third-order valence-corrected chi connectivity index (χ3v) is 6.09. The molecule has 0 radical (unpaired) electrons. The average molecular weight is 515 g/mol. The van der Waals surface area contributed by atoms with Crippen molar-refractivity contribution >= 4 is 11.6 Å². The fourth-order valence-corrected chi connectivity index (χ4v) is 3.85. The number of benzene rings is 2. The van der Waals surface area contributed by atoms with Gasteiger partial charge in [-0.2, -0.15) is 18.4 Å². The van der Waals surface area contributed by atoms with Crippen LogP contribution in [0.4, 0.5) is 13.2 Å². The molecule has 0 saturated carbocycles. The van der Waals surface area contributed by atoms with Gasteiger partial charge in [-0.25, -0.2) is 9.97 Å². The van der Waals surface area contributed by atoms with E-state index in [4.69, 9.17) is 16.3 Å². The van der Waals surface area contributed by atoms with Crippen molar-refractivity contribution in [1.82, 2.24) is 15.3 Å². The van der Waals surface area contributed by atoms with Crippen molar-refractivity contribution in [2.75, 3.05) is 0 Å². The molecular weight excluding hydrogens is 489 g/mol. The van der Waals surface area contributed by atoms with E-state index in [1.165, 1.54) is 0 Å². The normalized spacial score (nSPS) is 13.4. The van der Waals surface area contributed by atoms with E-state index in [2.05, 4.69) is 27.9 Å². The summed E-state index contributed by atoms with van der Waals surface area (Å²) in [6, 6.07) is 17.7. The van der Waals surface area contributed by atoms with Gasteiger partial charge < -0.3 is 10.1 Å². The second kappa shape index (κ2) is 11.0. The van der Waals surface area contributed by atoms with Crippen molar-refractivity contribution in [2.45, 2.75) is 50.9 Å². The summed E-state index contributed by atoms with van der Waals surface area (Å²) in [7, 11) is 0. The zero-order valence-electron chi connectivity index (χ0n) is 20.1. The molecule has 3 rings (SSSR count). The van der Waals surface area contributed by atoms with Crippen LogP contribution in [0.25, 0.3) is 0 Å². The number of ether oxygens (including phenoxy) is 1. The molecular formula is C27H26ClF3N4O. The van der Waals surface area contributed by atoms with E-state index in [0.717, 1.165) is 23.5 Å². The molecule has 9 heteroatoms. The molecule has 0 fully saturated rings. The van der Waals surface area contributed by atoms with E-state index in [-0.39, 0.29) is 17.8 Å². The van der Waals surface area contributed by atoms with Gasteiger partial charge in [-0.3, -0.25) is 0 Å². The Kier molecular flexibility index (Phi) is 8.26. The lowest BCUT2D eigenvalue weighted by Crippen LogP contribution is -2.43. The van der Waals surface area contributed by atoms with Crippen LogP contribution in [0, 0.1) is 11.3 Å². The molecule has 1 heterocycles. The van der Waals surface area contributed by atoms with Crippen LogP contribution in [0.1, 0.15) is 49.1 Å². The number of hydrogen-bond acceptors (Lipinski definition) is 5. The van der Waals surface area contributed by atoms with Gasteiger partial charge in [0.25, 0.3) is 0 Å². The summed E-state index contributed by atoms with van der Waals surface area (Å²) in [5.41, 5.74) is 0.844. The standard InChI is InChI=1S/C27H26ClF3N4O/c1-17(35-18(2)26(3,4)36-25-14-24(27(29,30)31)33-16-34-25)23(13-19-8-10-22(28)11-9-19)21-7-5-6-20(12-21)15-32/h5-12,14,16-17,23,35H,2,13H2,1,3-4H3. The molecule has 1 N–H and O–H groups in total. The molecule has 0 aliphatic carbocycles. The minimum atomic E-state index is -4.61. The van der Waals surface area contributed by atoms with Crippen LogP contribution in [0.15, 0.2) is 73.2 Å². The van der Waals surface area contributed by atoms with Crippen LogP contribution in [0.3, 0.4) is 0 Å².